The van der Waals surface area contributed by atoms with Crippen LogP contribution in [0.4, 0.5) is 0 Å². The Hall–Kier alpha value is -1.11. The van der Waals surface area contributed by atoms with Gasteiger partial charge in [0.15, 0.2) is 0 Å². The van der Waals surface area contributed by atoms with E-state index in [1.807, 2.05) is 0 Å². The largest absolute Gasteiger partial charge is 0.359 e. The van der Waals surface area contributed by atoms with Gasteiger partial charge in [-0.25, -0.2) is 8.42 Å². The van der Waals surface area contributed by atoms with Crippen LogP contribution in [0.15, 0.2) is 29.2 Å². The maximum absolute atomic E-state index is 12.5. The normalized spacial score (nSPS) is 20.6. The molecular weight excluding hydrogens is 300 g/mol. The van der Waals surface area contributed by atoms with E-state index in [-0.39, 0.29) is 23.3 Å². The Morgan fingerprint density at radius 1 is 1.35 bits per heavy atom. The molecule has 2 rings (SSSR count). The summed E-state index contributed by atoms with van der Waals surface area (Å²) in [6, 6.07) is 6.07. The Labute approximate surface area is 124 Å². The van der Waals surface area contributed by atoms with E-state index in [1.54, 1.807) is 19.2 Å². The van der Waals surface area contributed by atoms with Crippen LogP contribution in [0.25, 0.3) is 0 Å². The van der Waals surface area contributed by atoms with E-state index in [4.69, 9.17) is 11.6 Å². The van der Waals surface area contributed by atoms with E-state index < -0.39 is 10.0 Å². The van der Waals surface area contributed by atoms with Crippen molar-refractivity contribution in [2.45, 2.75) is 17.7 Å². The van der Waals surface area contributed by atoms with Gasteiger partial charge in [0.05, 0.1) is 10.8 Å². The van der Waals surface area contributed by atoms with Gasteiger partial charge >= 0.3 is 0 Å². The summed E-state index contributed by atoms with van der Waals surface area (Å²) >= 11 is 5.77. The first-order valence-corrected chi connectivity index (χ1v) is 8.24. The zero-order chi connectivity index (χ0) is 14.8. The van der Waals surface area contributed by atoms with Gasteiger partial charge in [0.1, 0.15) is 0 Å². The van der Waals surface area contributed by atoms with E-state index in [1.165, 1.54) is 16.4 Å². The molecule has 5 nitrogen and oxygen atoms in total. The molecule has 0 saturated carbocycles. The molecule has 1 N–H and O–H groups in total. The van der Waals surface area contributed by atoms with Crippen molar-refractivity contribution in [3.63, 3.8) is 0 Å². The predicted molar refractivity (Wildman–Crippen MR) is 77.0 cm³/mol. The van der Waals surface area contributed by atoms with Crippen molar-refractivity contribution >= 4 is 27.5 Å². The summed E-state index contributed by atoms with van der Waals surface area (Å²) in [6.45, 7) is 0.670. The fraction of sp³-hybridized carbons (Fsp3) is 0.462. The van der Waals surface area contributed by atoms with Gasteiger partial charge < -0.3 is 5.32 Å². The number of piperidine rings is 1. The van der Waals surface area contributed by atoms with Crippen LogP contribution in [0.2, 0.25) is 5.02 Å². The van der Waals surface area contributed by atoms with Crippen molar-refractivity contribution in [3.8, 4) is 0 Å². The van der Waals surface area contributed by atoms with E-state index in [0.717, 1.165) is 0 Å². The van der Waals surface area contributed by atoms with Gasteiger partial charge in [-0.05, 0) is 37.1 Å². The summed E-state index contributed by atoms with van der Waals surface area (Å²) in [5.41, 5.74) is 0. The van der Waals surface area contributed by atoms with Crippen molar-refractivity contribution in [2.75, 3.05) is 20.1 Å². The first-order chi connectivity index (χ1) is 9.45. The lowest BCUT2D eigenvalue weighted by atomic mass is 9.99. The molecule has 0 radical (unpaired) electrons. The second-order valence-corrected chi connectivity index (χ2v) is 7.14. The number of benzene rings is 1. The Morgan fingerprint density at radius 3 is 2.60 bits per heavy atom. The zero-order valence-electron chi connectivity index (χ0n) is 11.2. The number of carbonyl (C=O) groups is 1. The minimum absolute atomic E-state index is 0.110. The van der Waals surface area contributed by atoms with Gasteiger partial charge in [0.25, 0.3) is 0 Å². The molecule has 1 amide bonds. The van der Waals surface area contributed by atoms with Crippen LogP contribution in [0, 0.1) is 5.92 Å². The summed E-state index contributed by atoms with van der Waals surface area (Å²) in [5.74, 6) is -0.392. The fourth-order valence-electron chi connectivity index (χ4n) is 2.33. The van der Waals surface area contributed by atoms with Crippen LogP contribution in [0.3, 0.4) is 0 Å². The number of halogens is 1. The second-order valence-electron chi connectivity index (χ2n) is 4.77. The lowest BCUT2D eigenvalue weighted by molar-refractivity contribution is -0.125. The molecule has 0 unspecified atom stereocenters. The van der Waals surface area contributed by atoms with Crippen LogP contribution in [-0.2, 0) is 14.8 Å². The molecule has 1 atom stereocenters. The molecule has 110 valence electrons. The molecule has 1 aromatic carbocycles. The molecule has 0 bridgehead atoms. The maximum atomic E-state index is 12.5. The Kier molecular flexibility index (Phi) is 4.67. The highest BCUT2D eigenvalue weighted by atomic mass is 35.5. The van der Waals surface area contributed by atoms with Gasteiger partial charge in [0.2, 0.25) is 15.9 Å². The molecule has 0 spiro atoms. The van der Waals surface area contributed by atoms with E-state index in [9.17, 15) is 13.2 Å². The Morgan fingerprint density at radius 2 is 2.00 bits per heavy atom. The van der Waals surface area contributed by atoms with Crippen molar-refractivity contribution in [2.24, 2.45) is 5.92 Å². The molecule has 1 fully saturated rings. The van der Waals surface area contributed by atoms with Crippen LogP contribution < -0.4 is 5.32 Å². The van der Waals surface area contributed by atoms with Crippen molar-refractivity contribution < 1.29 is 13.2 Å². The highest BCUT2D eigenvalue weighted by Crippen LogP contribution is 2.24. The maximum Gasteiger partial charge on any atom is 0.243 e. The van der Waals surface area contributed by atoms with Crippen molar-refractivity contribution in [1.29, 1.82) is 0 Å². The minimum atomic E-state index is -3.56. The van der Waals surface area contributed by atoms with E-state index in [0.29, 0.717) is 24.4 Å². The number of sulfonamides is 1. The third kappa shape index (κ3) is 3.13. The molecule has 1 aromatic rings. The number of nitrogens with one attached hydrogen (secondary N) is 1. The van der Waals surface area contributed by atoms with Gasteiger partial charge in [-0.3, -0.25) is 4.79 Å². The average Bonchev–Trinajstić information content (AvgIpc) is 2.47. The standard InChI is InChI=1S/C13H17ClN2O3S/c1-15-13(17)10-3-2-8-16(9-10)20(18,19)12-6-4-11(14)5-7-12/h4-7,10H,2-3,8-9H2,1H3,(H,15,17)/t10-/m1/s1. The lowest BCUT2D eigenvalue weighted by Crippen LogP contribution is -2.44. The molecule has 1 aliphatic heterocycles. The molecular formula is C13H17ClN2O3S. The Bertz CT molecular complexity index is 586. The molecule has 0 aromatic heterocycles. The zero-order valence-corrected chi connectivity index (χ0v) is 12.7. The topological polar surface area (TPSA) is 66.5 Å². The molecule has 1 aliphatic rings. The number of hydrogen-bond acceptors (Lipinski definition) is 3. The van der Waals surface area contributed by atoms with Gasteiger partial charge in [-0.1, -0.05) is 11.6 Å². The van der Waals surface area contributed by atoms with Crippen LogP contribution in [0.1, 0.15) is 12.8 Å². The average molecular weight is 317 g/mol. The van der Waals surface area contributed by atoms with Crippen molar-refractivity contribution in [1.82, 2.24) is 9.62 Å². The number of hydrogen-bond donors (Lipinski definition) is 1. The fourth-order valence-corrected chi connectivity index (χ4v) is 3.98. The van der Waals surface area contributed by atoms with Gasteiger partial charge in [0, 0.05) is 25.2 Å². The third-order valence-corrected chi connectivity index (χ3v) is 5.58. The molecule has 1 heterocycles. The SMILES string of the molecule is CNC(=O)[C@@H]1CCCN(S(=O)(=O)c2ccc(Cl)cc2)C1. The highest BCUT2D eigenvalue weighted by molar-refractivity contribution is 7.89. The Balaban J connectivity index is 2.21. The van der Waals surface area contributed by atoms with Crippen molar-refractivity contribution in [3.05, 3.63) is 29.3 Å². The predicted octanol–water partition coefficient (Wildman–Crippen LogP) is 1.49. The van der Waals surface area contributed by atoms with Crippen LogP contribution in [-0.4, -0.2) is 38.8 Å². The number of carbonyl (C=O) groups excluding carboxylic acids is 1. The molecule has 20 heavy (non-hydrogen) atoms. The summed E-state index contributed by atoms with van der Waals surface area (Å²) in [7, 11) is -1.99. The third-order valence-electron chi connectivity index (χ3n) is 3.45. The summed E-state index contributed by atoms with van der Waals surface area (Å²) < 4.78 is 26.4. The minimum Gasteiger partial charge on any atom is -0.359 e. The summed E-state index contributed by atoms with van der Waals surface area (Å²) in [5, 5.41) is 3.07. The molecule has 7 heteroatoms. The van der Waals surface area contributed by atoms with E-state index in [2.05, 4.69) is 5.32 Å². The molecule has 1 saturated heterocycles. The summed E-state index contributed by atoms with van der Waals surface area (Å²) in [6.07, 6.45) is 1.40. The van der Waals surface area contributed by atoms with Crippen LogP contribution in [0.5, 0.6) is 0 Å². The monoisotopic (exact) mass is 316 g/mol. The molecule has 0 aliphatic carbocycles. The first kappa shape index (κ1) is 15.3. The smallest absolute Gasteiger partial charge is 0.243 e. The van der Waals surface area contributed by atoms with E-state index >= 15 is 0 Å². The van der Waals surface area contributed by atoms with Gasteiger partial charge in [-0.15, -0.1) is 0 Å². The number of rotatable bonds is 3. The quantitative estimate of drug-likeness (QED) is 0.918. The number of nitrogens with zero attached hydrogens (tertiary/aromatic N) is 1. The summed E-state index contributed by atoms with van der Waals surface area (Å²) in [4.78, 5) is 11.9. The van der Waals surface area contributed by atoms with Gasteiger partial charge in [-0.2, -0.15) is 4.31 Å². The lowest BCUT2D eigenvalue weighted by Gasteiger charge is -2.30. The first-order valence-electron chi connectivity index (χ1n) is 6.42. The number of amides is 1. The van der Waals surface area contributed by atoms with Crippen LogP contribution >= 0.6 is 11.6 Å². The highest BCUT2D eigenvalue weighted by Gasteiger charge is 2.32. The second kappa shape index (κ2) is 6.11.